The molecule has 0 aliphatic rings. The van der Waals surface area contributed by atoms with E-state index in [0.29, 0.717) is 29.0 Å². The number of fused-ring (bicyclic) bond motifs is 1. The van der Waals surface area contributed by atoms with E-state index in [4.69, 9.17) is 9.15 Å². The van der Waals surface area contributed by atoms with Gasteiger partial charge in [-0.05, 0) is 43.5 Å². The zero-order valence-electron chi connectivity index (χ0n) is 18.6. The van der Waals surface area contributed by atoms with Crippen LogP contribution in [0.25, 0.3) is 22.3 Å². The molecule has 0 spiro atoms. The topological polar surface area (TPSA) is 71.7 Å². The second-order valence-electron chi connectivity index (χ2n) is 8.09. The highest BCUT2D eigenvalue weighted by molar-refractivity contribution is 5.84. The van der Waals surface area contributed by atoms with Gasteiger partial charge in [0.1, 0.15) is 18.5 Å². The van der Waals surface area contributed by atoms with Crippen LogP contribution in [0, 0.1) is 0 Å². The zero-order valence-corrected chi connectivity index (χ0v) is 18.6. The van der Waals surface area contributed by atoms with Crippen LogP contribution in [0.15, 0.2) is 94.1 Å². The first kappa shape index (κ1) is 22.8. The monoisotopic (exact) mass is 443 g/mol. The number of para-hydroxylation sites is 1. The molecule has 1 atom stereocenters. The summed E-state index contributed by atoms with van der Waals surface area (Å²) in [5.41, 5.74) is 2.44. The summed E-state index contributed by atoms with van der Waals surface area (Å²) in [5.74, 6) is 0.936. The highest BCUT2D eigenvalue weighted by Crippen LogP contribution is 2.28. The molecule has 5 nitrogen and oxygen atoms in total. The van der Waals surface area contributed by atoms with E-state index in [1.54, 1.807) is 18.2 Å². The van der Waals surface area contributed by atoms with Gasteiger partial charge in [-0.15, -0.1) is 0 Å². The van der Waals surface area contributed by atoms with Crippen molar-refractivity contribution in [2.45, 2.75) is 25.4 Å². The molecule has 170 valence electrons. The third kappa shape index (κ3) is 6.31. The molecule has 2 N–H and O–H groups in total. The number of aliphatic hydroxyl groups is 1. The van der Waals surface area contributed by atoms with Crippen molar-refractivity contribution in [2.75, 3.05) is 19.7 Å². The Morgan fingerprint density at radius 2 is 1.67 bits per heavy atom. The lowest BCUT2D eigenvalue weighted by atomic mass is 10.1. The molecule has 33 heavy (non-hydrogen) atoms. The van der Waals surface area contributed by atoms with E-state index in [9.17, 15) is 9.90 Å². The number of unbranched alkanes of at least 4 members (excludes halogenated alkanes) is 1. The Morgan fingerprint density at radius 1 is 0.909 bits per heavy atom. The molecular formula is C28H29NO4. The molecule has 0 saturated heterocycles. The average molecular weight is 444 g/mol. The number of aliphatic hydroxyl groups excluding tert-OH is 1. The third-order valence-corrected chi connectivity index (χ3v) is 5.50. The minimum absolute atomic E-state index is 0.107. The molecule has 5 heteroatoms. The lowest BCUT2D eigenvalue weighted by Gasteiger charge is -2.14. The molecule has 0 saturated carbocycles. The first-order valence-corrected chi connectivity index (χ1v) is 11.4. The summed E-state index contributed by atoms with van der Waals surface area (Å²) in [6.07, 6.45) is 2.53. The van der Waals surface area contributed by atoms with Gasteiger partial charge in [-0.1, -0.05) is 66.7 Å². The van der Waals surface area contributed by atoms with Gasteiger partial charge in [-0.3, -0.25) is 4.79 Å². The van der Waals surface area contributed by atoms with Crippen LogP contribution < -0.4 is 15.5 Å². The number of hydrogen-bond acceptors (Lipinski definition) is 5. The summed E-state index contributed by atoms with van der Waals surface area (Å²) in [6.45, 7) is 1.39. The number of benzene rings is 3. The van der Waals surface area contributed by atoms with Crippen molar-refractivity contribution < 1.29 is 14.3 Å². The quantitative estimate of drug-likeness (QED) is 0.326. The summed E-state index contributed by atoms with van der Waals surface area (Å²) < 4.78 is 11.9. The Hall–Kier alpha value is -3.41. The number of aryl methyl sites for hydroxylation is 1. The van der Waals surface area contributed by atoms with Gasteiger partial charge < -0.3 is 19.6 Å². The molecule has 0 radical (unpaired) electrons. The van der Waals surface area contributed by atoms with E-state index < -0.39 is 6.10 Å². The lowest BCUT2D eigenvalue weighted by Crippen LogP contribution is -2.32. The molecule has 0 amide bonds. The van der Waals surface area contributed by atoms with Crippen LogP contribution in [-0.4, -0.2) is 30.9 Å². The maximum atomic E-state index is 12.6. The van der Waals surface area contributed by atoms with Crippen molar-refractivity contribution in [1.82, 2.24) is 5.32 Å². The van der Waals surface area contributed by atoms with Gasteiger partial charge in [-0.2, -0.15) is 0 Å². The minimum Gasteiger partial charge on any atom is -0.487 e. The molecule has 3 aromatic carbocycles. The van der Waals surface area contributed by atoms with Gasteiger partial charge in [0.2, 0.25) is 0 Å². The van der Waals surface area contributed by atoms with E-state index in [-0.39, 0.29) is 12.0 Å². The van der Waals surface area contributed by atoms with Crippen LogP contribution in [0.1, 0.15) is 18.4 Å². The molecule has 4 aromatic rings. The van der Waals surface area contributed by atoms with Gasteiger partial charge in [-0.25, -0.2) is 0 Å². The van der Waals surface area contributed by atoms with Crippen LogP contribution in [0.4, 0.5) is 0 Å². The molecule has 0 aliphatic heterocycles. The smallest absolute Gasteiger partial charge is 0.193 e. The van der Waals surface area contributed by atoms with Crippen molar-refractivity contribution in [3.8, 4) is 17.1 Å². The Balaban J connectivity index is 1.29. The zero-order chi connectivity index (χ0) is 22.9. The van der Waals surface area contributed by atoms with E-state index in [1.807, 2.05) is 36.4 Å². The standard InChI is InChI=1S/C28H29NO4/c30-23(19-29-17-8-7-12-21-10-3-1-4-11-21)20-32-26-16-9-15-24-25(31)18-27(33-28(24)26)22-13-5-2-6-14-22/h1-6,9-11,13-16,18,23,29-30H,7-8,12,17,19-20H2. The van der Waals surface area contributed by atoms with Crippen LogP contribution >= 0.6 is 0 Å². The number of rotatable bonds is 11. The highest BCUT2D eigenvalue weighted by atomic mass is 16.5. The molecule has 0 aliphatic carbocycles. The van der Waals surface area contributed by atoms with E-state index in [2.05, 4.69) is 29.6 Å². The van der Waals surface area contributed by atoms with Crippen molar-refractivity contribution in [2.24, 2.45) is 0 Å². The summed E-state index contributed by atoms with van der Waals surface area (Å²) in [4.78, 5) is 12.6. The van der Waals surface area contributed by atoms with Gasteiger partial charge in [0, 0.05) is 18.2 Å². The predicted octanol–water partition coefficient (Wildman–Crippen LogP) is 4.81. The van der Waals surface area contributed by atoms with Crippen molar-refractivity contribution in [3.05, 3.63) is 101 Å². The fourth-order valence-corrected chi connectivity index (χ4v) is 3.75. The Bertz CT molecular complexity index is 1200. The Morgan fingerprint density at radius 3 is 2.45 bits per heavy atom. The van der Waals surface area contributed by atoms with Crippen LogP contribution in [0.2, 0.25) is 0 Å². The van der Waals surface area contributed by atoms with Crippen molar-refractivity contribution in [1.29, 1.82) is 0 Å². The van der Waals surface area contributed by atoms with Crippen molar-refractivity contribution >= 4 is 11.0 Å². The molecule has 1 aromatic heterocycles. The minimum atomic E-state index is -0.668. The molecule has 0 bridgehead atoms. The first-order chi connectivity index (χ1) is 16.2. The molecule has 1 heterocycles. The summed E-state index contributed by atoms with van der Waals surface area (Å²) in [6, 6.07) is 26.7. The average Bonchev–Trinajstić information content (AvgIpc) is 2.86. The van der Waals surface area contributed by atoms with Crippen LogP contribution in [0.5, 0.6) is 5.75 Å². The maximum Gasteiger partial charge on any atom is 0.193 e. The van der Waals surface area contributed by atoms with Gasteiger partial charge in [0.25, 0.3) is 0 Å². The third-order valence-electron chi connectivity index (χ3n) is 5.50. The summed E-state index contributed by atoms with van der Waals surface area (Å²) >= 11 is 0. The Kier molecular flexibility index (Phi) is 7.90. The molecular weight excluding hydrogens is 414 g/mol. The van der Waals surface area contributed by atoms with Crippen molar-refractivity contribution in [3.63, 3.8) is 0 Å². The summed E-state index contributed by atoms with van der Waals surface area (Å²) in [7, 11) is 0. The van der Waals surface area contributed by atoms with Gasteiger partial charge >= 0.3 is 0 Å². The second-order valence-corrected chi connectivity index (χ2v) is 8.09. The van der Waals surface area contributed by atoms with Gasteiger partial charge in [0.15, 0.2) is 16.8 Å². The SMILES string of the molecule is O=c1cc(-c2ccccc2)oc2c(OCC(O)CNCCCCc3ccccc3)cccc12. The molecule has 1 unspecified atom stereocenters. The number of hydrogen-bond donors (Lipinski definition) is 2. The Labute approximate surface area is 193 Å². The molecule has 4 rings (SSSR count). The lowest BCUT2D eigenvalue weighted by molar-refractivity contribution is 0.106. The van der Waals surface area contributed by atoms with E-state index in [0.717, 1.165) is 31.4 Å². The van der Waals surface area contributed by atoms with Crippen LogP contribution in [-0.2, 0) is 6.42 Å². The fraction of sp³-hybridized carbons (Fsp3) is 0.250. The second kappa shape index (κ2) is 11.5. The van der Waals surface area contributed by atoms with Gasteiger partial charge in [0.05, 0.1) is 5.39 Å². The largest absolute Gasteiger partial charge is 0.487 e. The first-order valence-electron chi connectivity index (χ1n) is 11.4. The van der Waals surface area contributed by atoms with E-state index in [1.165, 1.54) is 11.6 Å². The highest BCUT2D eigenvalue weighted by Gasteiger charge is 2.13. The maximum absolute atomic E-state index is 12.6. The molecule has 0 fully saturated rings. The van der Waals surface area contributed by atoms with E-state index >= 15 is 0 Å². The van der Waals surface area contributed by atoms with Crippen LogP contribution in [0.3, 0.4) is 0 Å². The summed E-state index contributed by atoms with van der Waals surface area (Å²) in [5, 5.41) is 14.1. The number of ether oxygens (including phenoxy) is 1. The number of nitrogens with one attached hydrogen (secondary N) is 1. The normalized spacial score (nSPS) is 12.0. The predicted molar refractivity (Wildman–Crippen MR) is 132 cm³/mol. The fourth-order valence-electron chi connectivity index (χ4n) is 3.75.